The van der Waals surface area contributed by atoms with Gasteiger partial charge in [-0.05, 0) is 6.08 Å². The van der Waals surface area contributed by atoms with Crippen molar-refractivity contribution in [3.8, 4) is 17.2 Å². The molecule has 1 aromatic heterocycles. The van der Waals surface area contributed by atoms with Crippen molar-refractivity contribution in [2.24, 2.45) is 0 Å². The van der Waals surface area contributed by atoms with E-state index in [0.717, 1.165) is 11.8 Å². The zero-order valence-electron chi connectivity index (χ0n) is 16.6. The number of β-amino-alcohol motifs (C(OH)–C–C–N with tert-alkyl or cyclic N) is 1. The van der Waals surface area contributed by atoms with Crippen LogP contribution in [0.5, 0.6) is 17.2 Å². The number of nitrogens with zero attached hydrogens (tertiary/aromatic N) is 3. The van der Waals surface area contributed by atoms with E-state index in [2.05, 4.69) is 15.3 Å². The van der Waals surface area contributed by atoms with Gasteiger partial charge in [0.25, 0.3) is 0 Å². The fourth-order valence-corrected chi connectivity index (χ4v) is 2.77. The lowest BCUT2D eigenvalue weighted by Crippen LogP contribution is -2.25. The number of allylic oxidation sites excluding steroid dienone is 1. The van der Waals surface area contributed by atoms with Crippen molar-refractivity contribution in [3.05, 3.63) is 59.7 Å². The summed E-state index contributed by atoms with van der Waals surface area (Å²) < 4.78 is 44.0. The van der Waals surface area contributed by atoms with Crippen LogP contribution in [0.2, 0.25) is 0 Å². The molecule has 0 bridgehead atoms. The van der Waals surface area contributed by atoms with E-state index in [1.165, 1.54) is 26.6 Å². The number of nitrogens with one attached hydrogen (secondary N) is 1. The molecular weight excluding hydrogens is 398 g/mol. The Morgan fingerprint density at radius 1 is 1.13 bits per heavy atom. The molecule has 0 radical (unpaired) electrons. The predicted octanol–water partition coefficient (Wildman–Crippen LogP) is 2.47. The van der Waals surface area contributed by atoms with Gasteiger partial charge in [-0.15, -0.1) is 0 Å². The molecule has 1 aliphatic rings. The van der Waals surface area contributed by atoms with Gasteiger partial charge in [-0.25, -0.2) is 18.7 Å². The average molecular weight is 420 g/mol. The molecule has 0 saturated heterocycles. The number of rotatable bonds is 9. The van der Waals surface area contributed by atoms with E-state index in [9.17, 15) is 8.78 Å². The van der Waals surface area contributed by atoms with E-state index < -0.39 is 18.2 Å². The smallest absolute Gasteiger partial charge is 0.227 e. The van der Waals surface area contributed by atoms with Gasteiger partial charge in [0.1, 0.15) is 6.61 Å². The van der Waals surface area contributed by atoms with Gasteiger partial charge in [0, 0.05) is 25.4 Å². The van der Waals surface area contributed by atoms with Gasteiger partial charge in [-0.1, -0.05) is 6.08 Å². The summed E-state index contributed by atoms with van der Waals surface area (Å²) in [6.07, 6.45) is 8.46. The first-order valence-corrected chi connectivity index (χ1v) is 9.09. The van der Waals surface area contributed by atoms with Gasteiger partial charge in [-0.2, -0.15) is 0 Å². The van der Waals surface area contributed by atoms with Crippen molar-refractivity contribution in [1.29, 1.82) is 0 Å². The minimum absolute atomic E-state index is 0.0561. The molecule has 0 unspecified atom stereocenters. The van der Waals surface area contributed by atoms with Crippen LogP contribution in [0.25, 0.3) is 0 Å². The molecule has 0 fully saturated rings. The van der Waals surface area contributed by atoms with Gasteiger partial charge in [0.05, 0.1) is 44.5 Å². The Labute approximate surface area is 172 Å². The highest BCUT2D eigenvalue weighted by molar-refractivity contribution is 5.43. The third-order valence-electron chi connectivity index (χ3n) is 4.28. The molecule has 1 aromatic carbocycles. The van der Waals surface area contributed by atoms with Crippen molar-refractivity contribution in [3.63, 3.8) is 0 Å². The molecule has 0 spiro atoms. The summed E-state index contributed by atoms with van der Waals surface area (Å²) in [6, 6.07) is 1.13. The maximum atomic E-state index is 14.4. The summed E-state index contributed by atoms with van der Waals surface area (Å²) >= 11 is 0. The quantitative estimate of drug-likeness (QED) is 0.640. The molecule has 0 amide bonds. The third kappa shape index (κ3) is 4.95. The summed E-state index contributed by atoms with van der Waals surface area (Å²) in [6.45, 7) is 0.888. The largest absolute Gasteiger partial charge is 0.494 e. The Kier molecular flexibility index (Phi) is 7.02. The molecule has 8 nitrogen and oxygen atoms in total. The van der Waals surface area contributed by atoms with Gasteiger partial charge in [0.2, 0.25) is 5.95 Å². The molecule has 0 saturated carbocycles. The lowest BCUT2D eigenvalue weighted by atomic mass is 10.1. The molecule has 2 aromatic rings. The number of benzene rings is 1. The zero-order valence-corrected chi connectivity index (χ0v) is 16.6. The van der Waals surface area contributed by atoms with Crippen LogP contribution < -0.4 is 19.5 Å². The normalized spacial score (nSPS) is 13.1. The maximum absolute atomic E-state index is 14.4. The molecule has 2 N–H and O–H groups in total. The fraction of sp³-hybridized carbons (Fsp3) is 0.300. The highest BCUT2D eigenvalue weighted by Crippen LogP contribution is 2.31. The Morgan fingerprint density at radius 2 is 1.80 bits per heavy atom. The Morgan fingerprint density at radius 3 is 2.40 bits per heavy atom. The number of halogens is 2. The SMILES string of the molecule is COc1cc(OC)c(F)c(COc2cnc(NC3=CN(CCO)CC=C3)nc2)c1F. The topological polar surface area (TPSA) is 89.0 Å². The van der Waals surface area contributed by atoms with Gasteiger partial charge < -0.3 is 29.5 Å². The number of ether oxygens (including phenoxy) is 3. The highest BCUT2D eigenvalue weighted by Gasteiger charge is 2.20. The van der Waals surface area contributed by atoms with E-state index in [4.69, 9.17) is 19.3 Å². The number of aliphatic hydroxyl groups excluding tert-OH is 1. The van der Waals surface area contributed by atoms with E-state index in [1.54, 1.807) is 0 Å². The van der Waals surface area contributed by atoms with Crippen LogP contribution in [0.3, 0.4) is 0 Å². The number of anilines is 1. The summed E-state index contributed by atoms with van der Waals surface area (Å²) in [7, 11) is 2.56. The van der Waals surface area contributed by atoms with Crippen LogP contribution in [-0.2, 0) is 6.61 Å². The maximum Gasteiger partial charge on any atom is 0.227 e. The number of aromatic nitrogens is 2. The highest BCUT2D eigenvalue weighted by atomic mass is 19.1. The summed E-state index contributed by atoms with van der Waals surface area (Å²) in [5, 5.41) is 12.1. The van der Waals surface area contributed by atoms with Crippen LogP contribution in [0, 0.1) is 11.6 Å². The second kappa shape index (κ2) is 9.88. The van der Waals surface area contributed by atoms with Crippen LogP contribution in [0.1, 0.15) is 5.56 Å². The minimum Gasteiger partial charge on any atom is -0.494 e. The summed E-state index contributed by atoms with van der Waals surface area (Å²) in [4.78, 5) is 10.2. The lowest BCUT2D eigenvalue weighted by molar-refractivity contribution is 0.244. The van der Waals surface area contributed by atoms with Crippen LogP contribution in [-0.4, -0.2) is 53.9 Å². The van der Waals surface area contributed by atoms with Crippen LogP contribution in [0.4, 0.5) is 14.7 Å². The number of hydrogen-bond donors (Lipinski definition) is 2. The predicted molar refractivity (Wildman–Crippen MR) is 105 cm³/mol. The van der Waals surface area contributed by atoms with E-state index >= 15 is 0 Å². The molecule has 10 heteroatoms. The van der Waals surface area contributed by atoms with E-state index in [0.29, 0.717) is 19.0 Å². The minimum atomic E-state index is -0.863. The van der Waals surface area contributed by atoms with Crippen molar-refractivity contribution >= 4 is 5.95 Å². The average Bonchev–Trinajstić information content (AvgIpc) is 2.75. The number of aliphatic hydroxyl groups is 1. The van der Waals surface area contributed by atoms with Gasteiger partial charge in [0.15, 0.2) is 28.9 Å². The van der Waals surface area contributed by atoms with Crippen molar-refractivity contribution < 1.29 is 28.1 Å². The molecule has 3 rings (SSSR count). The Balaban J connectivity index is 1.66. The van der Waals surface area contributed by atoms with Gasteiger partial charge >= 0.3 is 0 Å². The molecule has 0 atom stereocenters. The first kappa shape index (κ1) is 21.3. The fourth-order valence-electron chi connectivity index (χ4n) is 2.77. The standard InChI is InChI=1S/C20H22F2N4O4/c1-28-16-8-17(29-2)19(22)15(18(16)21)12-30-14-9-23-20(24-10-14)25-13-4-3-5-26(11-13)6-7-27/h3-4,8-11,27H,5-7,12H2,1-2H3,(H,23,24,25). The molecule has 2 heterocycles. The second-order valence-corrected chi connectivity index (χ2v) is 6.25. The van der Waals surface area contributed by atoms with E-state index in [1.807, 2.05) is 23.3 Å². The van der Waals surface area contributed by atoms with Crippen molar-refractivity contribution in [1.82, 2.24) is 14.9 Å². The van der Waals surface area contributed by atoms with Crippen LogP contribution in [0.15, 0.2) is 42.5 Å². The first-order chi connectivity index (χ1) is 14.5. The van der Waals surface area contributed by atoms with Crippen LogP contribution >= 0.6 is 0 Å². The second-order valence-electron chi connectivity index (χ2n) is 6.25. The first-order valence-electron chi connectivity index (χ1n) is 9.09. The molecule has 30 heavy (non-hydrogen) atoms. The van der Waals surface area contributed by atoms with E-state index in [-0.39, 0.29) is 29.4 Å². The number of hydrogen-bond acceptors (Lipinski definition) is 8. The molecule has 160 valence electrons. The summed E-state index contributed by atoms with van der Waals surface area (Å²) in [5.41, 5.74) is 0.436. The molecule has 1 aliphatic heterocycles. The summed E-state index contributed by atoms with van der Waals surface area (Å²) in [5.74, 6) is -1.46. The third-order valence-corrected chi connectivity index (χ3v) is 4.28. The zero-order chi connectivity index (χ0) is 21.5. The molecule has 0 aliphatic carbocycles. The Bertz CT molecular complexity index is 907. The van der Waals surface area contributed by atoms with Crippen molar-refractivity contribution in [2.45, 2.75) is 6.61 Å². The molecular formula is C20H22F2N4O4. The monoisotopic (exact) mass is 420 g/mol. The lowest BCUT2D eigenvalue weighted by Gasteiger charge is -2.22. The number of methoxy groups -OCH3 is 2. The van der Waals surface area contributed by atoms with Crippen molar-refractivity contribution in [2.75, 3.05) is 39.2 Å². The Hall–Kier alpha value is -3.40. The van der Waals surface area contributed by atoms with Gasteiger partial charge in [-0.3, -0.25) is 0 Å².